The van der Waals surface area contributed by atoms with E-state index in [0.29, 0.717) is 24.0 Å². The van der Waals surface area contributed by atoms with Crippen LogP contribution in [0.5, 0.6) is 11.6 Å². The molecule has 30 heavy (non-hydrogen) atoms. The Morgan fingerprint density at radius 2 is 1.73 bits per heavy atom. The highest BCUT2D eigenvalue weighted by molar-refractivity contribution is 6.37. The monoisotopic (exact) mass is 451 g/mol. The predicted octanol–water partition coefficient (Wildman–Crippen LogP) is 1.47. The SMILES string of the molecule is O=c1[nH]c(=O)n(-c2cc(Cl)c(Oc3n[nH]c(=O)c4c3CCCC4)c(Cl)c2)nc1CO. The van der Waals surface area contributed by atoms with E-state index in [9.17, 15) is 19.5 Å². The van der Waals surface area contributed by atoms with E-state index < -0.39 is 17.9 Å². The van der Waals surface area contributed by atoms with Crippen molar-refractivity contribution in [3.05, 3.63) is 70.2 Å². The lowest BCUT2D eigenvalue weighted by Crippen LogP contribution is -2.34. The van der Waals surface area contributed by atoms with Crippen LogP contribution in [0, 0.1) is 0 Å². The molecule has 3 N–H and O–H groups in total. The highest BCUT2D eigenvalue weighted by Crippen LogP contribution is 2.39. The van der Waals surface area contributed by atoms with Crippen molar-refractivity contribution in [1.29, 1.82) is 0 Å². The van der Waals surface area contributed by atoms with Crippen molar-refractivity contribution in [1.82, 2.24) is 25.0 Å². The number of ether oxygens (including phenoxy) is 1. The minimum Gasteiger partial charge on any atom is -0.434 e. The Balaban J connectivity index is 1.76. The summed E-state index contributed by atoms with van der Waals surface area (Å²) in [5.41, 5.74) is -0.592. The molecule has 0 bridgehead atoms. The maximum atomic E-state index is 12.1. The van der Waals surface area contributed by atoms with Crippen molar-refractivity contribution in [2.24, 2.45) is 0 Å². The van der Waals surface area contributed by atoms with Gasteiger partial charge in [-0.3, -0.25) is 14.6 Å². The molecule has 1 aliphatic rings. The van der Waals surface area contributed by atoms with Gasteiger partial charge in [-0.05, 0) is 37.8 Å². The predicted molar refractivity (Wildman–Crippen MR) is 108 cm³/mol. The number of nitrogens with one attached hydrogen (secondary N) is 2. The maximum absolute atomic E-state index is 12.1. The fraction of sp³-hybridized carbons (Fsp3) is 0.278. The first-order valence-electron chi connectivity index (χ1n) is 9.00. The van der Waals surface area contributed by atoms with Gasteiger partial charge in [-0.25, -0.2) is 9.89 Å². The number of aromatic nitrogens is 5. The number of fused-ring (bicyclic) bond motifs is 1. The molecule has 12 heteroatoms. The quantitative estimate of drug-likeness (QED) is 0.544. The van der Waals surface area contributed by atoms with Gasteiger partial charge in [0.05, 0.1) is 22.3 Å². The number of hydrogen-bond donors (Lipinski definition) is 3. The van der Waals surface area contributed by atoms with Gasteiger partial charge in [0.25, 0.3) is 11.1 Å². The average molecular weight is 452 g/mol. The van der Waals surface area contributed by atoms with E-state index in [1.54, 1.807) is 0 Å². The second-order valence-electron chi connectivity index (χ2n) is 6.64. The van der Waals surface area contributed by atoms with Gasteiger partial charge in [-0.15, -0.1) is 5.10 Å². The van der Waals surface area contributed by atoms with Gasteiger partial charge in [0.2, 0.25) is 5.88 Å². The normalized spacial score (nSPS) is 13.2. The Hall–Kier alpha value is -2.95. The van der Waals surface area contributed by atoms with Crippen molar-refractivity contribution >= 4 is 23.2 Å². The zero-order valence-electron chi connectivity index (χ0n) is 15.4. The van der Waals surface area contributed by atoms with Crippen LogP contribution in [-0.4, -0.2) is 30.1 Å². The Morgan fingerprint density at radius 1 is 1.07 bits per heavy atom. The first-order chi connectivity index (χ1) is 14.4. The van der Waals surface area contributed by atoms with E-state index in [1.165, 1.54) is 12.1 Å². The third-order valence-corrected chi connectivity index (χ3v) is 5.29. The molecule has 0 saturated heterocycles. The van der Waals surface area contributed by atoms with Gasteiger partial charge in [0, 0.05) is 11.1 Å². The van der Waals surface area contributed by atoms with Crippen LogP contribution in [0.25, 0.3) is 5.69 Å². The largest absolute Gasteiger partial charge is 0.434 e. The average Bonchev–Trinajstić information content (AvgIpc) is 2.72. The van der Waals surface area contributed by atoms with Crippen LogP contribution in [0.2, 0.25) is 10.0 Å². The molecule has 0 spiro atoms. The summed E-state index contributed by atoms with van der Waals surface area (Å²) < 4.78 is 6.68. The van der Waals surface area contributed by atoms with E-state index in [4.69, 9.17) is 27.9 Å². The molecule has 0 atom stereocenters. The molecule has 0 amide bonds. The summed E-state index contributed by atoms with van der Waals surface area (Å²) in [7, 11) is 0. The lowest BCUT2D eigenvalue weighted by molar-refractivity contribution is 0.271. The van der Waals surface area contributed by atoms with Crippen molar-refractivity contribution in [3.63, 3.8) is 0 Å². The molecule has 0 unspecified atom stereocenters. The molecule has 4 rings (SSSR count). The molecule has 3 aromatic rings. The van der Waals surface area contributed by atoms with E-state index in [1.807, 2.05) is 0 Å². The lowest BCUT2D eigenvalue weighted by atomic mass is 9.94. The number of halogens is 2. The smallest absolute Gasteiger partial charge is 0.349 e. The van der Waals surface area contributed by atoms with Crippen molar-refractivity contribution in [2.75, 3.05) is 0 Å². The third-order valence-electron chi connectivity index (χ3n) is 4.73. The molecule has 2 heterocycles. The maximum Gasteiger partial charge on any atom is 0.349 e. The fourth-order valence-electron chi connectivity index (χ4n) is 3.29. The molecule has 0 radical (unpaired) electrons. The summed E-state index contributed by atoms with van der Waals surface area (Å²) in [6, 6.07) is 2.74. The molecule has 1 aromatic carbocycles. The van der Waals surface area contributed by atoms with Crippen LogP contribution in [0.1, 0.15) is 29.7 Å². The van der Waals surface area contributed by atoms with Crippen LogP contribution < -0.4 is 21.5 Å². The summed E-state index contributed by atoms with van der Waals surface area (Å²) in [6.45, 7) is -0.652. The van der Waals surface area contributed by atoms with Crippen LogP contribution in [0.4, 0.5) is 0 Å². The number of aliphatic hydroxyl groups is 1. The molecule has 0 aliphatic heterocycles. The summed E-state index contributed by atoms with van der Waals surface area (Å²) >= 11 is 12.7. The Bertz CT molecular complexity index is 1290. The molecule has 0 saturated carbocycles. The Morgan fingerprint density at radius 3 is 2.40 bits per heavy atom. The summed E-state index contributed by atoms with van der Waals surface area (Å²) in [5, 5.41) is 19.6. The van der Waals surface area contributed by atoms with Crippen molar-refractivity contribution < 1.29 is 9.84 Å². The number of aromatic amines is 2. The Kier molecular flexibility index (Phi) is 5.46. The highest BCUT2D eigenvalue weighted by Gasteiger charge is 2.22. The van der Waals surface area contributed by atoms with Gasteiger partial charge < -0.3 is 9.84 Å². The van der Waals surface area contributed by atoms with E-state index in [-0.39, 0.29) is 38.6 Å². The van der Waals surface area contributed by atoms with Gasteiger partial charge in [-0.2, -0.15) is 9.78 Å². The number of benzene rings is 1. The topological polar surface area (TPSA) is 143 Å². The second kappa shape index (κ2) is 8.05. The zero-order valence-corrected chi connectivity index (χ0v) is 16.9. The molecule has 2 aromatic heterocycles. The Labute approximate surface area is 178 Å². The number of nitrogens with zero attached hydrogens (tertiary/aromatic N) is 3. The standard InChI is InChI=1S/C18H15Cl2N5O5/c19-11-5-8(25-18(29)21-16(28)13(7-26)24-25)6-12(20)14(11)30-17-10-4-2-1-3-9(10)15(27)22-23-17/h5-6,26H,1-4,7H2,(H,22,27)(H,21,28,29). The second-order valence-corrected chi connectivity index (χ2v) is 7.45. The molecular weight excluding hydrogens is 437 g/mol. The van der Waals surface area contributed by atoms with Gasteiger partial charge in [-0.1, -0.05) is 23.2 Å². The van der Waals surface area contributed by atoms with Gasteiger partial charge in [0.1, 0.15) is 0 Å². The zero-order chi connectivity index (χ0) is 21.4. The van der Waals surface area contributed by atoms with Crippen LogP contribution >= 0.6 is 23.2 Å². The van der Waals surface area contributed by atoms with Crippen LogP contribution in [0.15, 0.2) is 26.5 Å². The fourth-order valence-corrected chi connectivity index (χ4v) is 3.84. The number of aliphatic hydroxyl groups excluding tert-OH is 1. The molecule has 0 fully saturated rings. The summed E-state index contributed by atoms with van der Waals surface area (Å²) in [6.07, 6.45) is 3.10. The van der Waals surface area contributed by atoms with Gasteiger partial charge >= 0.3 is 5.69 Å². The van der Waals surface area contributed by atoms with Crippen molar-refractivity contribution in [2.45, 2.75) is 32.3 Å². The van der Waals surface area contributed by atoms with Crippen molar-refractivity contribution in [3.8, 4) is 17.3 Å². The van der Waals surface area contributed by atoms with E-state index in [0.717, 1.165) is 17.5 Å². The number of rotatable bonds is 4. The molecule has 156 valence electrons. The summed E-state index contributed by atoms with van der Waals surface area (Å²) in [5.74, 6) is 0.303. The molecule has 1 aliphatic carbocycles. The van der Waals surface area contributed by atoms with E-state index >= 15 is 0 Å². The van der Waals surface area contributed by atoms with Crippen LogP contribution in [-0.2, 0) is 19.4 Å². The molecular formula is C18H15Cl2N5O5. The first-order valence-corrected chi connectivity index (χ1v) is 9.75. The first kappa shape index (κ1) is 20.3. The van der Waals surface area contributed by atoms with Crippen LogP contribution in [0.3, 0.4) is 0 Å². The number of H-pyrrole nitrogens is 2. The summed E-state index contributed by atoms with van der Waals surface area (Å²) in [4.78, 5) is 37.8. The van der Waals surface area contributed by atoms with E-state index in [2.05, 4.69) is 20.3 Å². The lowest BCUT2D eigenvalue weighted by Gasteiger charge is -2.18. The minimum absolute atomic E-state index is 0.0560. The number of hydrogen-bond acceptors (Lipinski definition) is 7. The molecule has 10 nitrogen and oxygen atoms in total. The highest BCUT2D eigenvalue weighted by atomic mass is 35.5. The minimum atomic E-state index is -0.825. The van der Waals surface area contributed by atoms with Gasteiger partial charge in [0.15, 0.2) is 11.4 Å². The third kappa shape index (κ3) is 3.64.